The summed E-state index contributed by atoms with van der Waals surface area (Å²) in [5, 5.41) is 4.14. The molecule has 2 aromatic carbocycles. The Morgan fingerprint density at radius 1 is 1.17 bits per heavy atom. The number of ether oxygens (including phenoxy) is 1. The van der Waals surface area contributed by atoms with Crippen LogP contribution in [-0.4, -0.2) is 42.3 Å². The van der Waals surface area contributed by atoms with Gasteiger partial charge in [-0.3, -0.25) is 4.79 Å². The van der Waals surface area contributed by atoms with Gasteiger partial charge in [0.15, 0.2) is 11.6 Å². The third-order valence-electron chi connectivity index (χ3n) is 5.40. The van der Waals surface area contributed by atoms with Gasteiger partial charge >= 0.3 is 0 Å². The van der Waals surface area contributed by atoms with E-state index in [9.17, 15) is 9.18 Å². The maximum atomic E-state index is 13.7. The quantitative estimate of drug-likeness (QED) is 0.746. The predicted octanol–water partition coefficient (Wildman–Crippen LogP) is 3.83. The zero-order chi connectivity index (χ0) is 20.1. The second kappa shape index (κ2) is 9.07. The molecular weight excluding hydrogens is 371 g/mol. The first-order chi connectivity index (χ1) is 14.2. The summed E-state index contributed by atoms with van der Waals surface area (Å²) < 4.78 is 19.4. The van der Waals surface area contributed by atoms with Crippen LogP contribution in [0.1, 0.15) is 24.8 Å². The molecule has 0 bridgehead atoms. The molecule has 0 spiro atoms. The summed E-state index contributed by atoms with van der Waals surface area (Å²) in [6.07, 6.45) is 2.55. The van der Waals surface area contributed by atoms with Gasteiger partial charge in [-0.1, -0.05) is 47.6 Å². The van der Waals surface area contributed by atoms with Crippen molar-refractivity contribution in [1.29, 1.82) is 0 Å². The average Bonchev–Trinajstić information content (AvgIpc) is 3.22. The maximum absolute atomic E-state index is 13.7. The van der Waals surface area contributed by atoms with E-state index in [0.29, 0.717) is 32.5 Å². The molecule has 29 heavy (non-hydrogen) atoms. The van der Waals surface area contributed by atoms with Crippen LogP contribution < -0.4 is 4.74 Å². The standard InChI is InChI=1S/C23H25FN2O3/c24-20-10-4-5-11-21(20)28-16-18-9-6-12-26(15-18)23(27)22-14-19(25-29-22)13-17-7-2-1-3-8-17/h1-5,7-8,10-11,18,22H,6,9,12-16H2/t18-,22-/m0/s1. The Labute approximate surface area is 170 Å². The molecule has 0 aromatic heterocycles. The SMILES string of the molecule is O=C([C@@H]1CC(Cc2ccccc2)=NO1)N1CCC[C@H](COc2ccccc2F)C1. The molecule has 0 N–H and O–H groups in total. The minimum atomic E-state index is -0.542. The number of oxime groups is 1. The fourth-order valence-electron chi connectivity index (χ4n) is 3.87. The minimum absolute atomic E-state index is 0.0209. The Kier molecular flexibility index (Phi) is 6.08. The van der Waals surface area contributed by atoms with Crippen molar-refractivity contribution in [2.75, 3.05) is 19.7 Å². The summed E-state index contributed by atoms with van der Waals surface area (Å²) in [5.41, 5.74) is 2.05. The summed E-state index contributed by atoms with van der Waals surface area (Å²) in [6, 6.07) is 16.4. The van der Waals surface area contributed by atoms with Gasteiger partial charge in [0.1, 0.15) is 0 Å². The second-order valence-electron chi connectivity index (χ2n) is 7.65. The number of piperidine rings is 1. The van der Waals surface area contributed by atoms with Gasteiger partial charge in [-0.05, 0) is 30.5 Å². The van der Waals surface area contributed by atoms with Crippen LogP contribution in [0.15, 0.2) is 59.8 Å². The van der Waals surface area contributed by atoms with Crippen molar-refractivity contribution < 1.29 is 18.8 Å². The highest BCUT2D eigenvalue weighted by atomic mass is 19.1. The van der Waals surface area contributed by atoms with E-state index in [-0.39, 0.29) is 23.4 Å². The van der Waals surface area contributed by atoms with Crippen LogP contribution >= 0.6 is 0 Å². The monoisotopic (exact) mass is 396 g/mol. The molecule has 1 saturated heterocycles. The van der Waals surface area contributed by atoms with Crippen LogP contribution in [0.3, 0.4) is 0 Å². The largest absolute Gasteiger partial charge is 0.490 e. The Bertz CT molecular complexity index is 871. The van der Waals surface area contributed by atoms with E-state index in [4.69, 9.17) is 9.57 Å². The van der Waals surface area contributed by atoms with Crippen molar-refractivity contribution in [2.45, 2.75) is 31.8 Å². The molecule has 2 atom stereocenters. The molecule has 0 radical (unpaired) electrons. The van der Waals surface area contributed by atoms with E-state index in [2.05, 4.69) is 5.16 Å². The Hall–Kier alpha value is -2.89. The van der Waals surface area contributed by atoms with Crippen LogP contribution in [0.4, 0.5) is 4.39 Å². The zero-order valence-electron chi connectivity index (χ0n) is 16.3. The lowest BCUT2D eigenvalue weighted by atomic mass is 9.97. The van der Waals surface area contributed by atoms with E-state index in [0.717, 1.165) is 24.1 Å². The molecule has 1 amide bonds. The van der Waals surface area contributed by atoms with Crippen LogP contribution in [0.25, 0.3) is 0 Å². The molecule has 2 aromatic rings. The maximum Gasteiger partial charge on any atom is 0.266 e. The van der Waals surface area contributed by atoms with Gasteiger partial charge in [0, 0.05) is 31.8 Å². The highest BCUT2D eigenvalue weighted by Gasteiger charge is 2.34. The minimum Gasteiger partial charge on any atom is -0.490 e. The van der Waals surface area contributed by atoms with E-state index in [1.54, 1.807) is 18.2 Å². The number of hydrogen-bond donors (Lipinski definition) is 0. The number of halogens is 1. The molecule has 4 rings (SSSR count). The van der Waals surface area contributed by atoms with Gasteiger partial charge in [0.25, 0.3) is 5.91 Å². The van der Waals surface area contributed by atoms with Gasteiger partial charge in [0.05, 0.1) is 12.3 Å². The van der Waals surface area contributed by atoms with Crippen molar-refractivity contribution in [3.63, 3.8) is 0 Å². The van der Waals surface area contributed by atoms with Crippen LogP contribution in [-0.2, 0) is 16.1 Å². The zero-order valence-corrected chi connectivity index (χ0v) is 16.3. The fraction of sp³-hybridized carbons (Fsp3) is 0.391. The normalized spacial score (nSPS) is 21.4. The number of nitrogens with zero attached hydrogens (tertiary/aromatic N) is 2. The highest BCUT2D eigenvalue weighted by molar-refractivity contribution is 5.94. The number of carbonyl (C=O) groups is 1. The fourth-order valence-corrected chi connectivity index (χ4v) is 3.87. The number of hydrogen-bond acceptors (Lipinski definition) is 4. The van der Waals surface area contributed by atoms with E-state index < -0.39 is 6.10 Å². The van der Waals surface area contributed by atoms with Crippen LogP contribution in [0.2, 0.25) is 0 Å². The van der Waals surface area contributed by atoms with Gasteiger partial charge in [0.2, 0.25) is 6.10 Å². The number of carbonyl (C=O) groups excluding carboxylic acids is 1. The molecule has 152 valence electrons. The lowest BCUT2D eigenvalue weighted by molar-refractivity contribution is -0.144. The Balaban J connectivity index is 1.27. The first-order valence-electron chi connectivity index (χ1n) is 10.1. The van der Waals surface area contributed by atoms with Crippen molar-refractivity contribution in [1.82, 2.24) is 4.90 Å². The topological polar surface area (TPSA) is 51.1 Å². The van der Waals surface area contributed by atoms with Gasteiger partial charge < -0.3 is 14.5 Å². The van der Waals surface area contributed by atoms with E-state index >= 15 is 0 Å². The Morgan fingerprint density at radius 3 is 2.79 bits per heavy atom. The first-order valence-corrected chi connectivity index (χ1v) is 10.1. The number of amides is 1. The molecule has 0 unspecified atom stereocenters. The molecule has 6 heteroatoms. The van der Waals surface area contributed by atoms with Crippen LogP contribution in [0.5, 0.6) is 5.75 Å². The summed E-state index contributed by atoms with van der Waals surface area (Å²) >= 11 is 0. The predicted molar refractivity (Wildman–Crippen MR) is 108 cm³/mol. The lowest BCUT2D eigenvalue weighted by Crippen LogP contribution is -2.46. The van der Waals surface area contributed by atoms with Crippen molar-refractivity contribution >= 4 is 11.6 Å². The number of para-hydroxylation sites is 1. The second-order valence-corrected chi connectivity index (χ2v) is 7.65. The highest BCUT2D eigenvalue weighted by Crippen LogP contribution is 2.23. The molecule has 5 nitrogen and oxygen atoms in total. The third-order valence-corrected chi connectivity index (χ3v) is 5.40. The molecule has 2 aliphatic heterocycles. The summed E-state index contributed by atoms with van der Waals surface area (Å²) in [6.45, 7) is 1.70. The molecular formula is C23H25FN2O3. The van der Waals surface area contributed by atoms with E-state index in [1.807, 2.05) is 35.2 Å². The van der Waals surface area contributed by atoms with Gasteiger partial charge in [-0.15, -0.1) is 0 Å². The smallest absolute Gasteiger partial charge is 0.266 e. The average molecular weight is 396 g/mol. The van der Waals surface area contributed by atoms with E-state index in [1.165, 1.54) is 6.07 Å². The summed E-state index contributed by atoms with van der Waals surface area (Å²) in [4.78, 5) is 20.2. The molecule has 0 saturated carbocycles. The molecule has 0 aliphatic carbocycles. The summed E-state index contributed by atoms with van der Waals surface area (Å²) in [7, 11) is 0. The van der Waals surface area contributed by atoms with Crippen molar-refractivity contribution in [2.24, 2.45) is 11.1 Å². The molecule has 2 heterocycles. The summed E-state index contributed by atoms with van der Waals surface area (Å²) in [5.74, 6) is 0.0542. The van der Waals surface area contributed by atoms with Gasteiger partial charge in [-0.2, -0.15) is 0 Å². The van der Waals surface area contributed by atoms with Crippen molar-refractivity contribution in [3.8, 4) is 5.75 Å². The van der Waals surface area contributed by atoms with Crippen molar-refractivity contribution in [3.05, 3.63) is 66.0 Å². The number of benzene rings is 2. The molecule has 1 fully saturated rings. The lowest BCUT2D eigenvalue weighted by Gasteiger charge is -2.33. The van der Waals surface area contributed by atoms with Crippen LogP contribution in [0, 0.1) is 11.7 Å². The third kappa shape index (κ3) is 4.94. The van der Waals surface area contributed by atoms with Gasteiger partial charge in [-0.25, -0.2) is 4.39 Å². The number of likely N-dealkylation sites (tertiary alicyclic amines) is 1. The Morgan fingerprint density at radius 2 is 1.97 bits per heavy atom. The molecule has 2 aliphatic rings. The number of rotatable bonds is 6. The first kappa shape index (κ1) is 19.4.